The Bertz CT molecular complexity index is 986. The molecule has 1 saturated heterocycles. The van der Waals surface area contributed by atoms with Crippen LogP contribution >= 0.6 is 27.7 Å². The summed E-state index contributed by atoms with van der Waals surface area (Å²) in [5.74, 6) is -0.931. The van der Waals surface area contributed by atoms with Gasteiger partial charge in [0.05, 0.1) is 10.5 Å². The third-order valence-electron chi connectivity index (χ3n) is 3.77. The number of hydrogen-bond acceptors (Lipinski definition) is 5. The topological polar surface area (TPSA) is 82.0 Å². The maximum Gasteiger partial charge on any atom is 0.275 e. The molecular weight excluding hydrogens is 442 g/mol. The van der Waals surface area contributed by atoms with E-state index < -0.39 is 5.91 Å². The smallest absolute Gasteiger partial charge is 0.275 e. The van der Waals surface area contributed by atoms with Crippen LogP contribution in [0.5, 0.6) is 5.75 Å². The molecule has 0 unspecified atom stereocenters. The molecule has 0 aromatic heterocycles. The van der Waals surface area contributed by atoms with Gasteiger partial charge >= 0.3 is 0 Å². The second-order valence-electron chi connectivity index (χ2n) is 5.72. The van der Waals surface area contributed by atoms with Gasteiger partial charge in [0.15, 0.2) is 5.17 Å². The molecule has 0 aliphatic carbocycles. The molecule has 0 bridgehead atoms. The van der Waals surface area contributed by atoms with E-state index in [9.17, 15) is 14.7 Å². The van der Waals surface area contributed by atoms with Gasteiger partial charge in [0.2, 0.25) is 0 Å². The summed E-state index contributed by atoms with van der Waals surface area (Å²) in [5.41, 5.74) is 3.36. The number of phenolic OH excluding ortho intramolecular Hbond substituents is 1. The Hall–Kier alpha value is -2.84. The molecule has 8 heteroatoms. The van der Waals surface area contributed by atoms with Crippen molar-refractivity contribution in [3.05, 3.63) is 81.7 Å². The predicted molar refractivity (Wildman–Crippen MR) is 115 cm³/mol. The number of halogens is 1. The third kappa shape index (κ3) is 4.52. The van der Waals surface area contributed by atoms with Crippen molar-refractivity contribution < 1.29 is 14.7 Å². The molecular formula is C20H16BrN3O3S. The standard InChI is InChI=1S/C20H16BrN3O3S/c1-2-11-24-19(27)17(12-13-7-9-14(21)10-8-13)28-20(24)23-22-18(26)15-5-3-4-6-16(15)25/h2-10,12,25H,1,11H2,(H,22,26)/b17-12-,23-20+. The molecule has 0 spiro atoms. The first-order valence-corrected chi connectivity index (χ1v) is 9.84. The Labute approximate surface area is 174 Å². The molecule has 2 amide bonds. The minimum absolute atomic E-state index is 0.0991. The average molecular weight is 458 g/mol. The Kier molecular flexibility index (Phi) is 6.33. The molecule has 142 valence electrons. The van der Waals surface area contributed by atoms with Crippen molar-refractivity contribution in [2.75, 3.05) is 6.54 Å². The average Bonchev–Trinajstić information content (AvgIpc) is 2.97. The summed E-state index contributed by atoms with van der Waals surface area (Å²) in [5, 5.41) is 14.2. The van der Waals surface area contributed by atoms with Crippen LogP contribution in [-0.2, 0) is 4.79 Å². The number of amidine groups is 1. The molecule has 0 radical (unpaired) electrons. The normalized spacial score (nSPS) is 16.6. The van der Waals surface area contributed by atoms with Crippen LogP contribution in [0.25, 0.3) is 6.08 Å². The summed E-state index contributed by atoms with van der Waals surface area (Å²) in [6.45, 7) is 3.92. The highest BCUT2D eigenvalue weighted by Gasteiger charge is 2.33. The number of phenols is 1. The van der Waals surface area contributed by atoms with Crippen molar-refractivity contribution in [2.45, 2.75) is 0 Å². The second-order valence-corrected chi connectivity index (χ2v) is 7.64. The van der Waals surface area contributed by atoms with Crippen molar-refractivity contribution >= 4 is 50.7 Å². The zero-order valence-corrected chi connectivity index (χ0v) is 17.0. The van der Waals surface area contributed by atoms with Gasteiger partial charge in [-0.1, -0.05) is 46.3 Å². The van der Waals surface area contributed by atoms with Crippen molar-refractivity contribution in [1.29, 1.82) is 0 Å². The molecule has 1 aliphatic rings. The van der Waals surface area contributed by atoms with Crippen LogP contribution in [0.3, 0.4) is 0 Å². The molecule has 2 aromatic carbocycles. The van der Waals surface area contributed by atoms with Crippen molar-refractivity contribution in [3.63, 3.8) is 0 Å². The fraction of sp³-hybridized carbons (Fsp3) is 0.0500. The van der Waals surface area contributed by atoms with Gasteiger partial charge in [-0.3, -0.25) is 14.5 Å². The summed E-state index contributed by atoms with van der Waals surface area (Å²) in [4.78, 5) is 26.8. The van der Waals surface area contributed by atoms with E-state index in [0.29, 0.717) is 10.1 Å². The lowest BCUT2D eigenvalue weighted by atomic mass is 10.2. The lowest BCUT2D eigenvalue weighted by molar-refractivity contribution is -0.121. The van der Waals surface area contributed by atoms with Crippen molar-refractivity contribution in [1.82, 2.24) is 10.3 Å². The minimum atomic E-state index is -0.567. The maximum atomic E-state index is 12.7. The number of rotatable bonds is 5. The largest absolute Gasteiger partial charge is 0.507 e. The van der Waals surface area contributed by atoms with Gasteiger partial charge in [-0.05, 0) is 47.7 Å². The predicted octanol–water partition coefficient (Wildman–Crippen LogP) is 3.96. The van der Waals surface area contributed by atoms with E-state index in [-0.39, 0.29) is 23.8 Å². The summed E-state index contributed by atoms with van der Waals surface area (Å²) in [6, 6.07) is 13.7. The van der Waals surface area contributed by atoms with Crippen LogP contribution in [0.4, 0.5) is 0 Å². The minimum Gasteiger partial charge on any atom is -0.507 e. The number of aromatic hydroxyl groups is 1. The van der Waals surface area contributed by atoms with Gasteiger partial charge in [-0.15, -0.1) is 11.7 Å². The van der Waals surface area contributed by atoms with E-state index in [1.807, 2.05) is 24.3 Å². The zero-order valence-electron chi connectivity index (χ0n) is 14.6. The Morgan fingerprint density at radius 1 is 1.25 bits per heavy atom. The first kappa shape index (κ1) is 19.9. The number of benzene rings is 2. The quantitative estimate of drug-likeness (QED) is 0.404. The maximum absolute atomic E-state index is 12.7. The number of carbonyl (C=O) groups excluding carboxylic acids is 2. The van der Waals surface area contributed by atoms with E-state index >= 15 is 0 Å². The van der Waals surface area contributed by atoms with Crippen LogP contribution in [0.15, 0.2) is 75.7 Å². The Morgan fingerprint density at radius 3 is 2.64 bits per heavy atom. The van der Waals surface area contributed by atoms with Gasteiger partial charge in [-0.25, -0.2) is 5.43 Å². The van der Waals surface area contributed by atoms with E-state index in [2.05, 4.69) is 33.0 Å². The van der Waals surface area contributed by atoms with Gasteiger partial charge < -0.3 is 5.11 Å². The number of nitrogens with zero attached hydrogens (tertiary/aromatic N) is 2. The molecule has 0 saturated carbocycles. The SMILES string of the molecule is C=CCN1C(=O)/C(=C/c2ccc(Br)cc2)S/C1=N/NC(=O)c1ccccc1O. The fourth-order valence-corrected chi connectivity index (χ4v) is 3.63. The molecule has 28 heavy (non-hydrogen) atoms. The van der Waals surface area contributed by atoms with Gasteiger partial charge in [-0.2, -0.15) is 0 Å². The number of nitrogens with one attached hydrogen (secondary N) is 1. The number of amides is 2. The highest BCUT2D eigenvalue weighted by Crippen LogP contribution is 2.32. The van der Waals surface area contributed by atoms with E-state index in [0.717, 1.165) is 21.8 Å². The van der Waals surface area contributed by atoms with Crippen LogP contribution in [0.2, 0.25) is 0 Å². The Morgan fingerprint density at radius 2 is 1.96 bits per heavy atom. The van der Waals surface area contributed by atoms with Crippen LogP contribution in [0, 0.1) is 0 Å². The van der Waals surface area contributed by atoms with Gasteiger partial charge in [0, 0.05) is 11.0 Å². The monoisotopic (exact) mass is 457 g/mol. The highest BCUT2D eigenvalue weighted by atomic mass is 79.9. The van der Waals surface area contributed by atoms with Crippen molar-refractivity contribution in [3.8, 4) is 5.75 Å². The molecule has 1 heterocycles. The first-order valence-electron chi connectivity index (χ1n) is 8.23. The van der Waals surface area contributed by atoms with E-state index in [4.69, 9.17) is 0 Å². The van der Waals surface area contributed by atoms with Crippen LogP contribution in [-0.4, -0.2) is 33.5 Å². The summed E-state index contributed by atoms with van der Waals surface area (Å²) in [7, 11) is 0. The van der Waals surface area contributed by atoms with Gasteiger partial charge in [0.25, 0.3) is 11.8 Å². The fourth-order valence-electron chi connectivity index (χ4n) is 2.42. The van der Waals surface area contributed by atoms with E-state index in [1.165, 1.54) is 17.0 Å². The number of hydrogen-bond donors (Lipinski definition) is 2. The van der Waals surface area contributed by atoms with Crippen molar-refractivity contribution in [2.24, 2.45) is 5.10 Å². The summed E-state index contributed by atoms with van der Waals surface area (Å²) >= 11 is 4.54. The third-order valence-corrected chi connectivity index (χ3v) is 5.30. The molecule has 1 fully saturated rings. The second kappa shape index (κ2) is 8.90. The Balaban J connectivity index is 1.83. The molecule has 2 aromatic rings. The van der Waals surface area contributed by atoms with Gasteiger partial charge in [0.1, 0.15) is 5.75 Å². The van der Waals surface area contributed by atoms with Crippen LogP contribution in [0.1, 0.15) is 15.9 Å². The number of thioether (sulfide) groups is 1. The molecule has 6 nitrogen and oxygen atoms in total. The lowest BCUT2D eigenvalue weighted by Crippen LogP contribution is -2.31. The number of carbonyl (C=O) groups is 2. The summed E-state index contributed by atoms with van der Waals surface area (Å²) in [6.07, 6.45) is 3.35. The summed E-state index contributed by atoms with van der Waals surface area (Å²) < 4.78 is 0.947. The first-order chi connectivity index (χ1) is 13.5. The molecule has 2 N–H and O–H groups in total. The van der Waals surface area contributed by atoms with E-state index in [1.54, 1.807) is 24.3 Å². The molecule has 0 atom stereocenters. The number of para-hydroxylation sites is 1. The molecule has 1 aliphatic heterocycles. The highest BCUT2D eigenvalue weighted by molar-refractivity contribution is 9.10. The number of hydrazone groups is 1. The zero-order chi connectivity index (χ0) is 20.1. The lowest BCUT2D eigenvalue weighted by Gasteiger charge is -2.12. The molecule has 3 rings (SSSR count). The van der Waals surface area contributed by atoms with Crippen LogP contribution < -0.4 is 5.43 Å².